The van der Waals surface area contributed by atoms with Gasteiger partial charge in [0.2, 0.25) is 0 Å². The first-order chi connectivity index (χ1) is 8.43. The molecular formula is C11H10ClN3O3. The van der Waals surface area contributed by atoms with E-state index < -0.39 is 18.0 Å². The monoisotopic (exact) mass is 267 g/mol. The second-order valence-electron chi connectivity index (χ2n) is 3.46. The summed E-state index contributed by atoms with van der Waals surface area (Å²) in [6.45, 7) is 1.34. The molecule has 0 fully saturated rings. The van der Waals surface area contributed by atoms with Crippen molar-refractivity contribution in [1.29, 1.82) is 5.26 Å². The molecule has 0 aliphatic heterocycles. The summed E-state index contributed by atoms with van der Waals surface area (Å²) in [6.07, 6.45) is 0. The highest BCUT2D eigenvalue weighted by Gasteiger charge is 2.13. The van der Waals surface area contributed by atoms with Gasteiger partial charge in [0, 0.05) is 5.69 Å². The lowest BCUT2D eigenvalue weighted by Crippen LogP contribution is -2.40. The van der Waals surface area contributed by atoms with Crippen LogP contribution >= 0.6 is 11.6 Å². The summed E-state index contributed by atoms with van der Waals surface area (Å²) in [5, 5.41) is 22.1. The largest absolute Gasteiger partial charge is 0.480 e. The average Bonchev–Trinajstić information content (AvgIpc) is 2.28. The number of nitrogens with one attached hydrogen (secondary N) is 2. The SMILES string of the molecule is C[C@H](NC(=O)Nc1ccc(C#N)c(Cl)c1)C(=O)O. The molecule has 6 nitrogen and oxygen atoms in total. The normalized spacial score (nSPS) is 11.2. The Hall–Kier alpha value is -2.26. The molecule has 0 aliphatic carbocycles. The van der Waals surface area contributed by atoms with Crippen molar-refractivity contribution < 1.29 is 14.7 Å². The van der Waals surface area contributed by atoms with E-state index in [1.165, 1.54) is 25.1 Å². The molecule has 0 unspecified atom stereocenters. The molecule has 0 aliphatic rings. The van der Waals surface area contributed by atoms with E-state index in [-0.39, 0.29) is 5.02 Å². The Balaban J connectivity index is 2.69. The first kappa shape index (κ1) is 13.8. The second kappa shape index (κ2) is 5.89. The van der Waals surface area contributed by atoms with Crippen LogP contribution in [-0.2, 0) is 4.79 Å². The van der Waals surface area contributed by atoms with Crippen LogP contribution in [0.15, 0.2) is 18.2 Å². The van der Waals surface area contributed by atoms with Crippen molar-refractivity contribution in [2.24, 2.45) is 0 Å². The number of anilines is 1. The highest BCUT2D eigenvalue weighted by Crippen LogP contribution is 2.19. The molecular weight excluding hydrogens is 258 g/mol. The van der Waals surface area contributed by atoms with Crippen LogP contribution in [0.1, 0.15) is 12.5 Å². The Morgan fingerprint density at radius 3 is 2.67 bits per heavy atom. The van der Waals surface area contributed by atoms with E-state index in [0.717, 1.165) is 0 Å². The van der Waals surface area contributed by atoms with Crippen LogP contribution in [0, 0.1) is 11.3 Å². The zero-order valence-electron chi connectivity index (χ0n) is 9.40. The molecule has 7 heteroatoms. The summed E-state index contributed by atoms with van der Waals surface area (Å²) in [7, 11) is 0. The number of aliphatic carboxylic acids is 1. The predicted molar refractivity (Wildman–Crippen MR) is 65.4 cm³/mol. The van der Waals surface area contributed by atoms with E-state index in [0.29, 0.717) is 11.3 Å². The summed E-state index contributed by atoms with van der Waals surface area (Å²) in [5.74, 6) is -1.14. The number of carboxylic acids is 1. The van der Waals surface area contributed by atoms with Crippen LogP contribution in [0.4, 0.5) is 10.5 Å². The van der Waals surface area contributed by atoms with Crippen LogP contribution in [0.25, 0.3) is 0 Å². The standard InChI is InChI=1S/C11H10ClN3O3/c1-6(10(16)17)14-11(18)15-8-3-2-7(5-13)9(12)4-8/h2-4,6H,1H3,(H,16,17)(H2,14,15,18)/t6-/m0/s1. The summed E-state index contributed by atoms with van der Waals surface area (Å²) >= 11 is 5.78. The summed E-state index contributed by atoms with van der Waals surface area (Å²) in [6, 6.07) is 4.58. The lowest BCUT2D eigenvalue weighted by molar-refractivity contribution is -0.138. The number of benzene rings is 1. The minimum absolute atomic E-state index is 0.210. The Kier molecular flexibility index (Phi) is 4.52. The van der Waals surface area contributed by atoms with Crippen LogP contribution in [0.5, 0.6) is 0 Å². The molecule has 1 aromatic carbocycles. The highest BCUT2D eigenvalue weighted by atomic mass is 35.5. The van der Waals surface area contributed by atoms with Gasteiger partial charge >= 0.3 is 12.0 Å². The third-order valence-electron chi connectivity index (χ3n) is 2.07. The first-order valence-electron chi connectivity index (χ1n) is 4.94. The molecule has 1 atom stereocenters. The Morgan fingerprint density at radius 2 is 2.17 bits per heavy atom. The third-order valence-corrected chi connectivity index (χ3v) is 2.38. The maximum atomic E-state index is 11.4. The Labute approximate surface area is 108 Å². The van der Waals surface area contributed by atoms with Crippen molar-refractivity contribution in [2.75, 3.05) is 5.32 Å². The average molecular weight is 268 g/mol. The van der Waals surface area contributed by atoms with Gasteiger partial charge in [-0.1, -0.05) is 11.6 Å². The van der Waals surface area contributed by atoms with Crippen molar-refractivity contribution >= 4 is 29.3 Å². The fraction of sp³-hybridized carbons (Fsp3) is 0.182. The van der Waals surface area contributed by atoms with E-state index in [2.05, 4.69) is 10.6 Å². The maximum Gasteiger partial charge on any atom is 0.325 e. The quantitative estimate of drug-likeness (QED) is 0.777. The van der Waals surface area contributed by atoms with Crippen molar-refractivity contribution in [3.8, 4) is 6.07 Å². The van der Waals surface area contributed by atoms with Crippen LogP contribution in [0.3, 0.4) is 0 Å². The Morgan fingerprint density at radius 1 is 1.50 bits per heavy atom. The molecule has 18 heavy (non-hydrogen) atoms. The fourth-order valence-corrected chi connectivity index (χ4v) is 1.33. The molecule has 1 aromatic rings. The number of urea groups is 1. The molecule has 1 rings (SSSR count). The number of hydrogen-bond acceptors (Lipinski definition) is 3. The van der Waals surface area contributed by atoms with Gasteiger partial charge in [-0.15, -0.1) is 0 Å². The van der Waals surface area contributed by atoms with E-state index in [1.807, 2.05) is 6.07 Å². The zero-order valence-corrected chi connectivity index (χ0v) is 10.2. The van der Waals surface area contributed by atoms with Crippen LogP contribution in [-0.4, -0.2) is 23.1 Å². The lowest BCUT2D eigenvalue weighted by atomic mass is 10.2. The van der Waals surface area contributed by atoms with Gasteiger partial charge in [-0.2, -0.15) is 5.26 Å². The fourth-order valence-electron chi connectivity index (χ4n) is 1.11. The van der Waals surface area contributed by atoms with Gasteiger partial charge < -0.3 is 15.7 Å². The minimum Gasteiger partial charge on any atom is -0.480 e. The van der Waals surface area contributed by atoms with E-state index >= 15 is 0 Å². The number of nitriles is 1. The summed E-state index contributed by atoms with van der Waals surface area (Å²) < 4.78 is 0. The summed E-state index contributed by atoms with van der Waals surface area (Å²) in [4.78, 5) is 21.9. The molecule has 0 aromatic heterocycles. The number of amides is 2. The van der Waals surface area contributed by atoms with Gasteiger partial charge in [-0.3, -0.25) is 4.79 Å². The van der Waals surface area contributed by atoms with E-state index in [9.17, 15) is 9.59 Å². The molecule has 0 saturated heterocycles. The molecule has 3 N–H and O–H groups in total. The topological polar surface area (TPSA) is 102 Å². The van der Waals surface area contributed by atoms with Gasteiger partial charge in [0.15, 0.2) is 0 Å². The molecule has 0 spiro atoms. The smallest absolute Gasteiger partial charge is 0.325 e. The summed E-state index contributed by atoms with van der Waals surface area (Å²) in [5.41, 5.74) is 0.663. The third kappa shape index (κ3) is 3.64. The van der Waals surface area contributed by atoms with Crippen molar-refractivity contribution in [1.82, 2.24) is 5.32 Å². The van der Waals surface area contributed by atoms with Crippen molar-refractivity contribution in [3.05, 3.63) is 28.8 Å². The van der Waals surface area contributed by atoms with Gasteiger partial charge in [-0.25, -0.2) is 4.79 Å². The van der Waals surface area contributed by atoms with Crippen LogP contribution < -0.4 is 10.6 Å². The van der Waals surface area contributed by atoms with Crippen LogP contribution in [0.2, 0.25) is 5.02 Å². The second-order valence-corrected chi connectivity index (χ2v) is 3.87. The van der Waals surface area contributed by atoms with Gasteiger partial charge in [-0.05, 0) is 25.1 Å². The minimum atomic E-state index is -1.14. The molecule has 0 saturated carbocycles. The van der Waals surface area contributed by atoms with Gasteiger partial charge in [0.05, 0.1) is 10.6 Å². The van der Waals surface area contributed by atoms with E-state index in [4.69, 9.17) is 22.0 Å². The molecule has 0 bridgehead atoms. The number of rotatable bonds is 3. The Bertz CT molecular complexity index is 525. The number of halogens is 1. The first-order valence-corrected chi connectivity index (χ1v) is 5.32. The van der Waals surface area contributed by atoms with Crippen molar-refractivity contribution in [2.45, 2.75) is 13.0 Å². The maximum absolute atomic E-state index is 11.4. The van der Waals surface area contributed by atoms with Gasteiger partial charge in [0.25, 0.3) is 0 Å². The lowest BCUT2D eigenvalue weighted by Gasteiger charge is -2.11. The number of carboxylic acid groups (broad SMARTS) is 1. The highest BCUT2D eigenvalue weighted by molar-refractivity contribution is 6.32. The number of carbonyl (C=O) groups is 2. The predicted octanol–water partition coefficient (Wildman–Crippen LogP) is 1.81. The zero-order chi connectivity index (χ0) is 13.7. The number of carbonyl (C=O) groups excluding carboxylic acids is 1. The molecule has 0 heterocycles. The number of nitrogens with zero attached hydrogens (tertiary/aromatic N) is 1. The van der Waals surface area contributed by atoms with Crippen molar-refractivity contribution in [3.63, 3.8) is 0 Å². The molecule has 0 radical (unpaired) electrons. The number of hydrogen-bond donors (Lipinski definition) is 3. The molecule has 2 amide bonds. The van der Waals surface area contributed by atoms with E-state index in [1.54, 1.807) is 0 Å². The van der Waals surface area contributed by atoms with Gasteiger partial charge in [0.1, 0.15) is 12.1 Å². The molecule has 94 valence electrons.